The molecule has 0 atom stereocenters. The van der Waals surface area contributed by atoms with Crippen molar-refractivity contribution >= 4 is 11.1 Å². The Labute approximate surface area is 165 Å². The highest BCUT2D eigenvalue weighted by Crippen LogP contribution is 2.36. The smallest absolute Gasteiger partial charge is 0.118 e. The molecule has 0 saturated heterocycles. The van der Waals surface area contributed by atoms with Crippen molar-refractivity contribution in [1.29, 1.82) is 0 Å². The standard InChI is InChI=1S/C26H21NO/c1-28-23-17-15-22(16-18-23)25(20-10-4-2-5-11-20)26(21-12-6-3-7-13-21)24-14-8-9-19-27-24/h2-19H,1H3/b26-25-. The number of nitrogens with zero attached hydrogens (tertiary/aromatic N) is 1. The van der Waals surface area contributed by atoms with Gasteiger partial charge in [0.1, 0.15) is 5.75 Å². The summed E-state index contributed by atoms with van der Waals surface area (Å²) in [4.78, 5) is 4.68. The molecule has 1 aromatic heterocycles. The summed E-state index contributed by atoms with van der Waals surface area (Å²) in [6, 6.07) is 35.2. The zero-order chi connectivity index (χ0) is 19.2. The maximum atomic E-state index is 5.36. The van der Waals surface area contributed by atoms with Gasteiger partial charge in [0.2, 0.25) is 0 Å². The fourth-order valence-corrected chi connectivity index (χ4v) is 3.35. The van der Waals surface area contributed by atoms with Gasteiger partial charge in [-0.1, -0.05) is 78.9 Å². The van der Waals surface area contributed by atoms with E-state index >= 15 is 0 Å². The topological polar surface area (TPSA) is 22.1 Å². The van der Waals surface area contributed by atoms with Crippen LogP contribution in [-0.2, 0) is 0 Å². The third-order valence-corrected chi connectivity index (χ3v) is 4.67. The molecule has 0 fully saturated rings. The average molecular weight is 363 g/mol. The van der Waals surface area contributed by atoms with Crippen LogP contribution < -0.4 is 4.74 Å². The highest BCUT2D eigenvalue weighted by molar-refractivity contribution is 6.03. The van der Waals surface area contributed by atoms with Gasteiger partial charge in [0.15, 0.2) is 0 Å². The minimum Gasteiger partial charge on any atom is -0.497 e. The van der Waals surface area contributed by atoms with Gasteiger partial charge in [-0.15, -0.1) is 0 Å². The molecular formula is C26H21NO. The molecule has 0 amide bonds. The summed E-state index contributed by atoms with van der Waals surface area (Å²) in [6.07, 6.45) is 1.84. The van der Waals surface area contributed by atoms with Crippen molar-refractivity contribution in [3.05, 3.63) is 132 Å². The molecule has 4 rings (SSSR count). The van der Waals surface area contributed by atoms with E-state index in [4.69, 9.17) is 4.74 Å². The van der Waals surface area contributed by atoms with Crippen LogP contribution >= 0.6 is 0 Å². The number of hydrogen-bond donors (Lipinski definition) is 0. The number of pyridine rings is 1. The molecule has 0 aliphatic rings. The molecule has 0 aliphatic heterocycles. The second-order valence-corrected chi connectivity index (χ2v) is 6.43. The lowest BCUT2D eigenvalue weighted by Crippen LogP contribution is -1.99. The van der Waals surface area contributed by atoms with Crippen molar-refractivity contribution in [2.45, 2.75) is 0 Å². The normalized spacial score (nSPS) is 11.6. The Hall–Kier alpha value is -3.65. The molecule has 0 N–H and O–H groups in total. The van der Waals surface area contributed by atoms with Crippen molar-refractivity contribution in [1.82, 2.24) is 4.98 Å². The maximum Gasteiger partial charge on any atom is 0.118 e. The number of hydrogen-bond acceptors (Lipinski definition) is 2. The Bertz CT molecular complexity index is 1010. The zero-order valence-corrected chi connectivity index (χ0v) is 15.7. The summed E-state index contributed by atoms with van der Waals surface area (Å²) >= 11 is 0. The molecule has 2 heteroatoms. The summed E-state index contributed by atoms with van der Waals surface area (Å²) in [5.41, 5.74) is 6.61. The van der Waals surface area contributed by atoms with Crippen LogP contribution in [0.4, 0.5) is 0 Å². The fraction of sp³-hybridized carbons (Fsp3) is 0.0385. The van der Waals surface area contributed by atoms with Gasteiger partial charge in [-0.3, -0.25) is 4.98 Å². The summed E-state index contributed by atoms with van der Waals surface area (Å²) in [6.45, 7) is 0. The third kappa shape index (κ3) is 3.72. The lowest BCUT2D eigenvalue weighted by Gasteiger charge is -2.17. The van der Waals surface area contributed by atoms with E-state index < -0.39 is 0 Å². The van der Waals surface area contributed by atoms with Crippen molar-refractivity contribution in [2.24, 2.45) is 0 Å². The van der Waals surface area contributed by atoms with Gasteiger partial charge in [0, 0.05) is 11.8 Å². The summed E-state index contributed by atoms with van der Waals surface area (Å²) in [7, 11) is 1.69. The van der Waals surface area contributed by atoms with Crippen LogP contribution in [0.2, 0.25) is 0 Å². The zero-order valence-electron chi connectivity index (χ0n) is 15.7. The molecule has 3 aromatic carbocycles. The highest BCUT2D eigenvalue weighted by Gasteiger charge is 2.16. The first-order valence-corrected chi connectivity index (χ1v) is 9.28. The molecule has 0 bridgehead atoms. The molecule has 0 aliphatic carbocycles. The van der Waals surface area contributed by atoms with Crippen LogP contribution in [0.3, 0.4) is 0 Å². The number of aromatic nitrogens is 1. The second-order valence-electron chi connectivity index (χ2n) is 6.43. The lowest BCUT2D eigenvalue weighted by molar-refractivity contribution is 0.415. The Balaban J connectivity index is 2.05. The summed E-state index contributed by atoms with van der Waals surface area (Å²) < 4.78 is 5.36. The molecule has 0 saturated carbocycles. The first-order chi connectivity index (χ1) is 13.9. The van der Waals surface area contributed by atoms with Crippen LogP contribution in [0.5, 0.6) is 5.75 Å². The van der Waals surface area contributed by atoms with Crippen LogP contribution in [-0.4, -0.2) is 12.1 Å². The molecule has 28 heavy (non-hydrogen) atoms. The molecule has 1 heterocycles. The molecule has 0 spiro atoms. The molecule has 0 unspecified atom stereocenters. The Morgan fingerprint density at radius 3 is 1.64 bits per heavy atom. The average Bonchev–Trinajstić information content (AvgIpc) is 2.79. The Morgan fingerprint density at radius 2 is 1.11 bits per heavy atom. The molecule has 2 nitrogen and oxygen atoms in total. The molecule has 4 aromatic rings. The van der Waals surface area contributed by atoms with E-state index in [0.29, 0.717) is 0 Å². The molecular weight excluding hydrogens is 342 g/mol. The Kier molecular flexibility index (Phi) is 5.30. The van der Waals surface area contributed by atoms with Crippen molar-refractivity contribution in [3.8, 4) is 5.75 Å². The SMILES string of the molecule is COc1ccc(/C(=C(/c2ccccc2)c2ccccn2)c2ccccc2)cc1. The van der Waals surface area contributed by atoms with Gasteiger partial charge in [-0.25, -0.2) is 0 Å². The van der Waals surface area contributed by atoms with Crippen molar-refractivity contribution < 1.29 is 4.74 Å². The number of rotatable bonds is 5. The van der Waals surface area contributed by atoms with E-state index in [1.54, 1.807) is 7.11 Å². The van der Waals surface area contributed by atoms with E-state index in [9.17, 15) is 0 Å². The van der Waals surface area contributed by atoms with Gasteiger partial charge in [0.05, 0.1) is 12.8 Å². The van der Waals surface area contributed by atoms with Gasteiger partial charge in [0.25, 0.3) is 0 Å². The Morgan fingerprint density at radius 1 is 0.571 bits per heavy atom. The predicted octanol–water partition coefficient (Wildman–Crippen LogP) is 6.10. The monoisotopic (exact) mass is 363 g/mol. The minimum absolute atomic E-state index is 0.843. The van der Waals surface area contributed by atoms with Crippen LogP contribution in [0, 0.1) is 0 Å². The van der Waals surface area contributed by atoms with Crippen molar-refractivity contribution in [2.75, 3.05) is 7.11 Å². The first kappa shape index (κ1) is 17.7. The number of benzene rings is 3. The fourth-order valence-electron chi connectivity index (χ4n) is 3.35. The van der Waals surface area contributed by atoms with Gasteiger partial charge >= 0.3 is 0 Å². The molecule has 0 radical (unpaired) electrons. The van der Waals surface area contributed by atoms with Crippen LogP contribution in [0.1, 0.15) is 22.4 Å². The lowest BCUT2D eigenvalue weighted by atomic mass is 9.87. The minimum atomic E-state index is 0.843. The van der Waals surface area contributed by atoms with Crippen LogP contribution in [0.15, 0.2) is 109 Å². The van der Waals surface area contributed by atoms with E-state index in [1.807, 2.05) is 42.6 Å². The van der Waals surface area contributed by atoms with E-state index in [0.717, 1.165) is 39.3 Å². The maximum absolute atomic E-state index is 5.36. The summed E-state index contributed by atoms with van der Waals surface area (Å²) in [5, 5.41) is 0. The van der Waals surface area contributed by atoms with E-state index in [-0.39, 0.29) is 0 Å². The first-order valence-electron chi connectivity index (χ1n) is 9.28. The van der Waals surface area contributed by atoms with E-state index in [2.05, 4.69) is 71.7 Å². The second kappa shape index (κ2) is 8.36. The van der Waals surface area contributed by atoms with Gasteiger partial charge in [-0.2, -0.15) is 0 Å². The van der Waals surface area contributed by atoms with Gasteiger partial charge < -0.3 is 4.74 Å². The van der Waals surface area contributed by atoms with E-state index in [1.165, 1.54) is 0 Å². The highest BCUT2D eigenvalue weighted by atomic mass is 16.5. The third-order valence-electron chi connectivity index (χ3n) is 4.67. The molecule has 136 valence electrons. The predicted molar refractivity (Wildman–Crippen MR) is 115 cm³/mol. The van der Waals surface area contributed by atoms with Crippen molar-refractivity contribution in [3.63, 3.8) is 0 Å². The van der Waals surface area contributed by atoms with Gasteiger partial charge in [-0.05, 0) is 46.5 Å². The number of ether oxygens (including phenoxy) is 1. The summed E-state index contributed by atoms with van der Waals surface area (Å²) in [5.74, 6) is 0.843. The largest absolute Gasteiger partial charge is 0.497 e. The number of methoxy groups -OCH3 is 1. The quantitative estimate of drug-likeness (QED) is 0.400. The van der Waals surface area contributed by atoms with Crippen LogP contribution in [0.25, 0.3) is 11.1 Å².